The molecule has 2 rings (SSSR count). The molecule has 0 fully saturated rings. The molecular weight excluding hydrogens is 324 g/mol. The number of benzene rings is 2. The van der Waals surface area contributed by atoms with Crippen LogP contribution >= 0.6 is 0 Å². The number of anilines is 1. The van der Waals surface area contributed by atoms with Crippen LogP contribution in [0, 0.1) is 13.8 Å². The number of aryl methyl sites for hydroxylation is 2. The van der Waals surface area contributed by atoms with Crippen LogP contribution < -0.4 is 5.32 Å². The van der Waals surface area contributed by atoms with Crippen LogP contribution in [0.3, 0.4) is 0 Å². The van der Waals surface area contributed by atoms with E-state index in [0.29, 0.717) is 5.69 Å². The fourth-order valence-corrected chi connectivity index (χ4v) is 2.99. The van der Waals surface area contributed by atoms with Gasteiger partial charge in [0.1, 0.15) is 0 Å². The number of rotatable bonds is 6. The highest BCUT2D eigenvalue weighted by Crippen LogP contribution is 2.14. The molecule has 0 heterocycles. The van der Waals surface area contributed by atoms with E-state index in [1.807, 2.05) is 50.2 Å². The summed E-state index contributed by atoms with van der Waals surface area (Å²) in [6.07, 6.45) is 1.12. The van der Waals surface area contributed by atoms with Gasteiger partial charge in [0.05, 0.1) is 12.8 Å². The Kier molecular flexibility index (Phi) is 5.75. The second-order valence-electron chi connectivity index (χ2n) is 5.87. The van der Waals surface area contributed by atoms with Crippen molar-refractivity contribution in [2.45, 2.75) is 20.4 Å². The van der Waals surface area contributed by atoms with Crippen molar-refractivity contribution in [3.05, 3.63) is 65.2 Å². The molecular formula is C18H22N2O3S. The van der Waals surface area contributed by atoms with Gasteiger partial charge >= 0.3 is 0 Å². The predicted octanol–water partition coefficient (Wildman–Crippen LogP) is 2.70. The predicted molar refractivity (Wildman–Crippen MR) is 96.2 cm³/mol. The van der Waals surface area contributed by atoms with Crippen molar-refractivity contribution in [3.8, 4) is 0 Å². The lowest BCUT2D eigenvalue weighted by Crippen LogP contribution is -2.37. The Morgan fingerprint density at radius 3 is 2.25 bits per heavy atom. The van der Waals surface area contributed by atoms with Crippen molar-refractivity contribution >= 4 is 21.6 Å². The molecule has 5 nitrogen and oxygen atoms in total. The molecule has 1 amide bonds. The molecule has 24 heavy (non-hydrogen) atoms. The summed E-state index contributed by atoms with van der Waals surface area (Å²) in [5.74, 6) is -0.363. The van der Waals surface area contributed by atoms with Crippen molar-refractivity contribution in [1.29, 1.82) is 0 Å². The maximum Gasteiger partial charge on any atom is 0.239 e. The molecule has 128 valence electrons. The Labute approximate surface area is 143 Å². The van der Waals surface area contributed by atoms with E-state index in [1.165, 1.54) is 4.31 Å². The standard InChI is InChI=1S/C18H22N2O3S/c1-14-8-10-17(11-9-14)19-18(21)13-20(24(3,22)23)12-16-7-5-4-6-15(16)2/h4-11H,12-13H2,1-3H3,(H,19,21). The minimum absolute atomic E-state index is 0.173. The van der Waals surface area contributed by atoms with Crippen molar-refractivity contribution < 1.29 is 13.2 Å². The third-order valence-electron chi connectivity index (χ3n) is 3.73. The van der Waals surface area contributed by atoms with Gasteiger partial charge in [-0.25, -0.2) is 8.42 Å². The zero-order valence-electron chi connectivity index (χ0n) is 14.1. The van der Waals surface area contributed by atoms with Crippen LogP contribution in [0.15, 0.2) is 48.5 Å². The molecule has 0 saturated carbocycles. The highest BCUT2D eigenvalue weighted by atomic mass is 32.2. The van der Waals surface area contributed by atoms with Gasteiger partial charge in [-0.05, 0) is 37.1 Å². The number of amides is 1. The first-order valence-corrected chi connectivity index (χ1v) is 9.46. The number of nitrogens with zero attached hydrogens (tertiary/aromatic N) is 1. The molecule has 0 unspecified atom stereocenters. The van der Waals surface area contributed by atoms with Crippen molar-refractivity contribution in [2.24, 2.45) is 0 Å². The smallest absolute Gasteiger partial charge is 0.239 e. The summed E-state index contributed by atoms with van der Waals surface area (Å²) < 4.78 is 25.2. The van der Waals surface area contributed by atoms with Gasteiger partial charge in [-0.15, -0.1) is 0 Å². The van der Waals surface area contributed by atoms with Crippen molar-refractivity contribution in [1.82, 2.24) is 4.31 Å². The first-order chi connectivity index (χ1) is 11.3. The summed E-state index contributed by atoms with van der Waals surface area (Å²) in [5.41, 5.74) is 3.61. The highest BCUT2D eigenvalue weighted by Gasteiger charge is 2.21. The summed E-state index contributed by atoms with van der Waals surface area (Å²) in [5, 5.41) is 2.73. The number of nitrogens with one attached hydrogen (secondary N) is 1. The van der Waals surface area contributed by atoms with Gasteiger partial charge in [-0.3, -0.25) is 4.79 Å². The largest absolute Gasteiger partial charge is 0.325 e. The van der Waals surface area contributed by atoms with E-state index in [1.54, 1.807) is 12.1 Å². The molecule has 2 aromatic carbocycles. The summed E-state index contributed by atoms with van der Waals surface area (Å²) >= 11 is 0. The summed E-state index contributed by atoms with van der Waals surface area (Å²) in [4.78, 5) is 12.2. The zero-order chi connectivity index (χ0) is 17.7. The van der Waals surface area contributed by atoms with E-state index < -0.39 is 10.0 Å². The Balaban J connectivity index is 2.10. The van der Waals surface area contributed by atoms with Crippen LogP contribution in [-0.4, -0.2) is 31.4 Å². The molecule has 0 spiro atoms. The van der Waals surface area contributed by atoms with E-state index >= 15 is 0 Å². The van der Waals surface area contributed by atoms with E-state index in [2.05, 4.69) is 5.32 Å². The molecule has 0 aromatic heterocycles. The molecule has 0 atom stereocenters. The van der Waals surface area contributed by atoms with Gasteiger partial charge in [0.2, 0.25) is 15.9 Å². The third-order valence-corrected chi connectivity index (χ3v) is 4.93. The van der Waals surface area contributed by atoms with Gasteiger partial charge in [0.15, 0.2) is 0 Å². The van der Waals surface area contributed by atoms with E-state index in [4.69, 9.17) is 0 Å². The van der Waals surface area contributed by atoms with E-state index in [0.717, 1.165) is 22.9 Å². The lowest BCUT2D eigenvalue weighted by Gasteiger charge is -2.20. The summed E-state index contributed by atoms with van der Waals surface area (Å²) in [6.45, 7) is 3.83. The quantitative estimate of drug-likeness (QED) is 0.874. The molecule has 1 N–H and O–H groups in total. The molecule has 2 aromatic rings. The number of hydrogen-bond donors (Lipinski definition) is 1. The second kappa shape index (κ2) is 7.59. The van der Waals surface area contributed by atoms with E-state index in [-0.39, 0.29) is 19.0 Å². The van der Waals surface area contributed by atoms with Gasteiger partial charge < -0.3 is 5.32 Å². The average Bonchev–Trinajstić information content (AvgIpc) is 2.50. The van der Waals surface area contributed by atoms with Crippen LogP contribution in [0.1, 0.15) is 16.7 Å². The molecule has 0 aliphatic heterocycles. The fourth-order valence-electron chi connectivity index (χ4n) is 2.27. The zero-order valence-corrected chi connectivity index (χ0v) is 14.9. The van der Waals surface area contributed by atoms with Crippen molar-refractivity contribution in [2.75, 3.05) is 18.1 Å². The van der Waals surface area contributed by atoms with E-state index in [9.17, 15) is 13.2 Å². The van der Waals surface area contributed by atoms with Gasteiger partial charge in [0.25, 0.3) is 0 Å². The maximum atomic E-state index is 12.2. The third kappa shape index (κ3) is 5.18. The summed E-state index contributed by atoms with van der Waals surface area (Å²) in [7, 11) is -3.50. The Morgan fingerprint density at radius 2 is 1.67 bits per heavy atom. The molecule has 0 aliphatic carbocycles. The summed E-state index contributed by atoms with van der Waals surface area (Å²) in [6, 6.07) is 14.9. The normalized spacial score (nSPS) is 11.5. The molecule has 0 saturated heterocycles. The molecule has 6 heteroatoms. The number of hydrogen-bond acceptors (Lipinski definition) is 3. The minimum Gasteiger partial charge on any atom is -0.325 e. The second-order valence-corrected chi connectivity index (χ2v) is 7.85. The minimum atomic E-state index is -3.50. The number of carbonyl (C=O) groups excluding carboxylic acids is 1. The lowest BCUT2D eigenvalue weighted by molar-refractivity contribution is -0.116. The van der Waals surface area contributed by atoms with Crippen LogP contribution in [0.5, 0.6) is 0 Å². The highest BCUT2D eigenvalue weighted by molar-refractivity contribution is 7.88. The van der Waals surface area contributed by atoms with Crippen LogP contribution in [0.2, 0.25) is 0 Å². The lowest BCUT2D eigenvalue weighted by atomic mass is 10.1. The Hall–Kier alpha value is -2.18. The molecule has 0 radical (unpaired) electrons. The number of carbonyl (C=O) groups is 1. The first-order valence-electron chi connectivity index (χ1n) is 7.62. The maximum absolute atomic E-state index is 12.2. The van der Waals surface area contributed by atoms with Gasteiger partial charge in [-0.1, -0.05) is 42.0 Å². The van der Waals surface area contributed by atoms with Crippen LogP contribution in [0.25, 0.3) is 0 Å². The van der Waals surface area contributed by atoms with Gasteiger partial charge in [-0.2, -0.15) is 4.31 Å². The average molecular weight is 346 g/mol. The first kappa shape index (κ1) is 18.2. The van der Waals surface area contributed by atoms with Gasteiger partial charge in [0, 0.05) is 12.2 Å². The van der Waals surface area contributed by atoms with Crippen molar-refractivity contribution in [3.63, 3.8) is 0 Å². The Morgan fingerprint density at radius 1 is 1.04 bits per heavy atom. The molecule has 0 aliphatic rings. The molecule has 0 bridgehead atoms. The SMILES string of the molecule is Cc1ccc(NC(=O)CN(Cc2ccccc2C)S(C)(=O)=O)cc1. The van der Waals surface area contributed by atoms with Crippen LogP contribution in [-0.2, 0) is 21.4 Å². The topological polar surface area (TPSA) is 66.5 Å². The van der Waals surface area contributed by atoms with Crippen LogP contribution in [0.4, 0.5) is 5.69 Å². The number of sulfonamides is 1. The fraction of sp³-hybridized carbons (Fsp3) is 0.278. The monoisotopic (exact) mass is 346 g/mol. The Bertz CT molecular complexity index is 814.